The lowest BCUT2D eigenvalue weighted by atomic mass is 10.1. The van der Waals surface area contributed by atoms with Crippen molar-refractivity contribution in [2.45, 2.75) is 6.92 Å². The molecule has 2 N–H and O–H groups in total. The van der Waals surface area contributed by atoms with Gasteiger partial charge in [0.25, 0.3) is 11.8 Å². The lowest BCUT2D eigenvalue weighted by Crippen LogP contribution is -2.41. The van der Waals surface area contributed by atoms with Crippen LogP contribution in [-0.4, -0.2) is 17.0 Å². The van der Waals surface area contributed by atoms with Crippen molar-refractivity contribution in [3.05, 3.63) is 77.5 Å². The van der Waals surface area contributed by atoms with Gasteiger partial charge in [-0.1, -0.05) is 47.1 Å². The minimum atomic E-state index is -0.554. The van der Waals surface area contributed by atoms with Crippen LogP contribution in [0.25, 0.3) is 11.3 Å². The number of nitrogens with zero attached hydrogens (tertiary/aromatic N) is 1. The lowest BCUT2D eigenvalue weighted by Gasteiger charge is -2.05. The highest BCUT2D eigenvalue weighted by molar-refractivity contribution is 5.98. The van der Waals surface area contributed by atoms with Crippen molar-refractivity contribution in [2.75, 3.05) is 0 Å². The normalized spacial score (nSPS) is 10.2. The fourth-order valence-electron chi connectivity index (χ4n) is 2.16. The molecule has 0 atom stereocenters. The third-order valence-electron chi connectivity index (χ3n) is 3.37. The van der Waals surface area contributed by atoms with E-state index < -0.39 is 11.8 Å². The van der Waals surface area contributed by atoms with Crippen molar-refractivity contribution >= 4 is 11.8 Å². The predicted molar refractivity (Wildman–Crippen MR) is 88.1 cm³/mol. The van der Waals surface area contributed by atoms with Crippen molar-refractivity contribution < 1.29 is 14.1 Å². The second kappa shape index (κ2) is 6.78. The van der Waals surface area contributed by atoms with Gasteiger partial charge in [-0.25, -0.2) is 0 Å². The molecule has 2 amide bonds. The summed E-state index contributed by atoms with van der Waals surface area (Å²) in [4.78, 5) is 23.9. The summed E-state index contributed by atoms with van der Waals surface area (Å²) in [6, 6.07) is 17.8. The molecule has 6 nitrogen and oxygen atoms in total. The Morgan fingerprint density at radius 1 is 0.917 bits per heavy atom. The Labute approximate surface area is 138 Å². The van der Waals surface area contributed by atoms with Gasteiger partial charge in [0.2, 0.25) is 0 Å². The van der Waals surface area contributed by atoms with E-state index in [1.54, 1.807) is 30.3 Å². The van der Waals surface area contributed by atoms with Crippen LogP contribution in [0.5, 0.6) is 0 Å². The van der Waals surface area contributed by atoms with Gasteiger partial charge in [-0.3, -0.25) is 20.4 Å². The van der Waals surface area contributed by atoms with E-state index in [1.165, 1.54) is 6.07 Å². The molecule has 3 aromatic rings. The zero-order valence-corrected chi connectivity index (χ0v) is 12.9. The van der Waals surface area contributed by atoms with Crippen molar-refractivity contribution in [3.63, 3.8) is 0 Å². The second-order valence-corrected chi connectivity index (χ2v) is 5.22. The second-order valence-electron chi connectivity index (χ2n) is 5.22. The maximum Gasteiger partial charge on any atom is 0.291 e. The number of nitrogens with one attached hydrogen (secondary N) is 2. The number of aromatic nitrogens is 1. The molecule has 2 aromatic carbocycles. The third-order valence-corrected chi connectivity index (χ3v) is 3.37. The fourth-order valence-corrected chi connectivity index (χ4v) is 2.16. The Hall–Kier alpha value is -3.41. The van der Waals surface area contributed by atoms with E-state index in [2.05, 4.69) is 16.0 Å². The molecular weight excluding hydrogens is 306 g/mol. The minimum Gasteiger partial charge on any atom is -0.355 e. The molecule has 0 fully saturated rings. The topological polar surface area (TPSA) is 84.2 Å². The van der Waals surface area contributed by atoms with Crippen molar-refractivity contribution in [2.24, 2.45) is 0 Å². The van der Waals surface area contributed by atoms with Crippen LogP contribution in [0.15, 0.2) is 65.2 Å². The van der Waals surface area contributed by atoms with Crippen LogP contribution in [-0.2, 0) is 0 Å². The summed E-state index contributed by atoms with van der Waals surface area (Å²) in [6.07, 6.45) is 0. The van der Waals surface area contributed by atoms with E-state index in [0.29, 0.717) is 11.3 Å². The van der Waals surface area contributed by atoms with Gasteiger partial charge in [-0.2, -0.15) is 0 Å². The summed E-state index contributed by atoms with van der Waals surface area (Å²) in [5.41, 5.74) is 7.08. The molecule has 24 heavy (non-hydrogen) atoms. The largest absolute Gasteiger partial charge is 0.355 e. The fraction of sp³-hybridized carbons (Fsp3) is 0.0556. The quantitative estimate of drug-likeness (QED) is 0.727. The number of hydrogen-bond acceptors (Lipinski definition) is 4. The average molecular weight is 321 g/mol. The minimum absolute atomic E-state index is 0.0832. The van der Waals surface area contributed by atoms with E-state index in [0.717, 1.165) is 11.1 Å². The third kappa shape index (κ3) is 3.49. The van der Waals surface area contributed by atoms with Gasteiger partial charge in [0, 0.05) is 17.2 Å². The molecule has 0 aliphatic heterocycles. The number of aryl methyl sites for hydroxylation is 1. The number of hydrogen-bond donors (Lipinski definition) is 2. The van der Waals surface area contributed by atoms with Crippen molar-refractivity contribution in [1.29, 1.82) is 0 Å². The summed E-state index contributed by atoms with van der Waals surface area (Å²) in [6.45, 7) is 1.96. The number of benzene rings is 2. The summed E-state index contributed by atoms with van der Waals surface area (Å²) in [5.74, 6) is -0.480. The van der Waals surface area contributed by atoms with Gasteiger partial charge < -0.3 is 4.52 Å². The van der Waals surface area contributed by atoms with E-state index >= 15 is 0 Å². The molecule has 120 valence electrons. The monoisotopic (exact) mass is 321 g/mol. The standard InChI is InChI=1S/C18H15N3O3/c1-12-6-5-9-14(10-12)16-11-15(21-24-16)18(23)20-19-17(22)13-7-3-2-4-8-13/h2-11H,1H3,(H,19,22)(H,20,23). The van der Waals surface area contributed by atoms with Crippen LogP contribution < -0.4 is 10.9 Å². The first-order valence-corrected chi connectivity index (χ1v) is 7.33. The Balaban J connectivity index is 1.65. The van der Waals surface area contributed by atoms with Gasteiger partial charge in [0.15, 0.2) is 11.5 Å². The number of carbonyl (C=O) groups excluding carboxylic acids is 2. The predicted octanol–water partition coefficient (Wildman–Crippen LogP) is 2.72. The van der Waals surface area contributed by atoms with Crippen LogP contribution >= 0.6 is 0 Å². The van der Waals surface area contributed by atoms with Crippen LogP contribution in [0.4, 0.5) is 0 Å². The van der Waals surface area contributed by atoms with Crippen LogP contribution in [0.3, 0.4) is 0 Å². The SMILES string of the molecule is Cc1cccc(-c2cc(C(=O)NNC(=O)c3ccccc3)no2)c1. The summed E-state index contributed by atoms with van der Waals surface area (Å²) < 4.78 is 5.19. The number of carbonyl (C=O) groups is 2. The highest BCUT2D eigenvalue weighted by Gasteiger charge is 2.14. The molecule has 3 rings (SSSR count). The number of hydrazine groups is 1. The Morgan fingerprint density at radius 3 is 2.42 bits per heavy atom. The molecule has 0 bridgehead atoms. The highest BCUT2D eigenvalue weighted by Crippen LogP contribution is 2.21. The summed E-state index contributed by atoms with van der Waals surface area (Å²) >= 11 is 0. The molecule has 0 aliphatic rings. The van der Waals surface area contributed by atoms with Crippen LogP contribution in [0.1, 0.15) is 26.4 Å². The molecule has 0 aliphatic carbocycles. The number of amides is 2. The van der Waals surface area contributed by atoms with E-state index in [4.69, 9.17) is 4.52 Å². The van der Waals surface area contributed by atoms with E-state index in [-0.39, 0.29) is 5.69 Å². The zero-order valence-electron chi connectivity index (χ0n) is 12.9. The van der Waals surface area contributed by atoms with Gasteiger partial charge in [-0.05, 0) is 25.1 Å². The van der Waals surface area contributed by atoms with Gasteiger partial charge >= 0.3 is 0 Å². The Kier molecular flexibility index (Phi) is 4.38. The van der Waals surface area contributed by atoms with Crippen molar-refractivity contribution in [1.82, 2.24) is 16.0 Å². The highest BCUT2D eigenvalue weighted by atomic mass is 16.5. The van der Waals surface area contributed by atoms with Crippen LogP contribution in [0, 0.1) is 6.92 Å². The molecular formula is C18H15N3O3. The van der Waals surface area contributed by atoms with E-state index in [1.807, 2.05) is 31.2 Å². The molecule has 0 unspecified atom stereocenters. The zero-order chi connectivity index (χ0) is 16.9. The smallest absolute Gasteiger partial charge is 0.291 e. The molecule has 1 heterocycles. The first-order valence-electron chi connectivity index (χ1n) is 7.33. The first-order chi connectivity index (χ1) is 11.6. The summed E-state index contributed by atoms with van der Waals surface area (Å²) in [7, 11) is 0. The first kappa shape index (κ1) is 15.5. The van der Waals surface area contributed by atoms with E-state index in [9.17, 15) is 9.59 Å². The van der Waals surface area contributed by atoms with Gasteiger partial charge in [-0.15, -0.1) is 0 Å². The van der Waals surface area contributed by atoms with Crippen molar-refractivity contribution in [3.8, 4) is 11.3 Å². The Bertz CT molecular complexity index is 872. The Morgan fingerprint density at radius 2 is 1.67 bits per heavy atom. The molecule has 6 heteroatoms. The summed E-state index contributed by atoms with van der Waals surface area (Å²) in [5, 5.41) is 3.73. The lowest BCUT2D eigenvalue weighted by molar-refractivity contribution is 0.0841. The molecule has 0 saturated carbocycles. The van der Waals surface area contributed by atoms with Crippen LogP contribution in [0.2, 0.25) is 0 Å². The van der Waals surface area contributed by atoms with Gasteiger partial charge in [0.05, 0.1) is 0 Å². The molecule has 1 aromatic heterocycles. The molecule has 0 saturated heterocycles. The molecule has 0 spiro atoms. The maximum absolute atomic E-state index is 12.0. The molecule has 0 radical (unpaired) electrons. The number of rotatable bonds is 3. The van der Waals surface area contributed by atoms with Gasteiger partial charge in [0.1, 0.15) is 0 Å². The maximum atomic E-state index is 12.0. The average Bonchev–Trinajstić information content (AvgIpc) is 3.10.